The Kier molecular flexibility index (Phi) is 8.90. The Bertz CT molecular complexity index is 1170. The number of rotatable bonds is 9. The number of phenols is 2. The fourth-order valence-corrected chi connectivity index (χ4v) is 4.55. The van der Waals surface area contributed by atoms with E-state index in [9.17, 15) is 19.8 Å². The standard InChI is InChI=1S/C26H22Br2O6/c1-2-16-9-11-17(12-10-16)34-23(31)13-14-33-24(32)15-19(18-5-3-8-22(30)26(18)28)25-20(27)6-4-7-21(25)29/h2-12,19,29-30H,1,13-15H2. The highest BCUT2D eigenvalue weighted by molar-refractivity contribution is 9.11. The molecule has 0 spiro atoms. The smallest absolute Gasteiger partial charge is 0.314 e. The first-order valence-electron chi connectivity index (χ1n) is 10.3. The number of halogens is 2. The van der Waals surface area contributed by atoms with Gasteiger partial charge in [-0.2, -0.15) is 0 Å². The number of benzene rings is 3. The molecule has 1 atom stereocenters. The third-order valence-electron chi connectivity index (χ3n) is 5.05. The summed E-state index contributed by atoms with van der Waals surface area (Å²) in [6.07, 6.45) is 1.44. The molecule has 0 fully saturated rings. The van der Waals surface area contributed by atoms with E-state index in [2.05, 4.69) is 38.4 Å². The van der Waals surface area contributed by atoms with Gasteiger partial charge in [-0.25, -0.2) is 0 Å². The first kappa shape index (κ1) is 25.5. The predicted molar refractivity (Wildman–Crippen MR) is 136 cm³/mol. The summed E-state index contributed by atoms with van der Waals surface area (Å²) in [7, 11) is 0. The number of hydrogen-bond donors (Lipinski definition) is 2. The topological polar surface area (TPSA) is 93.1 Å². The van der Waals surface area contributed by atoms with Gasteiger partial charge in [-0.05, 0) is 57.4 Å². The number of carbonyl (C=O) groups is 2. The minimum atomic E-state index is -0.625. The molecular weight excluding hydrogens is 568 g/mol. The van der Waals surface area contributed by atoms with Crippen LogP contribution in [0.25, 0.3) is 6.08 Å². The molecule has 0 aliphatic heterocycles. The van der Waals surface area contributed by atoms with Crippen molar-refractivity contribution in [1.82, 2.24) is 0 Å². The van der Waals surface area contributed by atoms with E-state index in [1.54, 1.807) is 54.6 Å². The average molecular weight is 590 g/mol. The highest BCUT2D eigenvalue weighted by atomic mass is 79.9. The zero-order valence-corrected chi connectivity index (χ0v) is 21.2. The number of ether oxygens (including phenoxy) is 2. The number of esters is 2. The lowest BCUT2D eigenvalue weighted by Crippen LogP contribution is -2.16. The SMILES string of the molecule is C=Cc1ccc(OC(=O)CCOC(=O)CC(c2cccc(O)c2Br)c2c(O)cccc2Br)cc1. The van der Waals surface area contributed by atoms with Crippen molar-refractivity contribution in [3.63, 3.8) is 0 Å². The van der Waals surface area contributed by atoms with E-state index in [4.69, 9.17) is 9.47 Å². The van der Waals surface area contributed by atoms with Gasteiger partial charge in [0, 0.05) is 16.0 Å². The summed E-state index contributed by atoms with van der Waals surface area (Å²) < 4.78 is 11.5. The second-order valence-corrected chi connectivity index (χ2v) is 8.97. The molecule has 3 aromatic carbocycles. The van der Waals surface area contributed by atoms with Crippen LogP contribution in [0.15, 0.2) is 76.2 Å². The third-order valence-corrected chi connectivity index (χ3v) is 6.61. The van der Waals surface area contributed by atoms with Gasteiger partial charge in [-0.1, -0.05) is 58.9 Å². The summed E-state index contributed by atoms with van der Waals surface area (Å²) in [5.74, 6) is -1.34. The molecular formula is C26H22Br2O6. The Hall–Kier alpha value is -3.10. The van der Waals surface area contributed by atoms with Crippen LogP contribution < -0.4 is 4.74 Å². The largest absolute Gasteiger partial charge is 0.508 e. The van der Waals surface area contributed by atoms with Crippen molar-refractivity contribution >= 4 is 49.9 Å². The van der Waals surface area contributed by atoms with Gasteiger partial charge in [-0.15, -0.1) is 0 Å². The molecule has 0 radical (unpaired) electrons. The molecule has 0 aromatic heterocycles. The Morgan fingerprint density at radius 2 is 1.62 bits per heavy atom. The summed E-state index contributed by atoms with van der Waals surface area (Å²) >= 11 is 6.80. The molecule has 0 aliphatic carbocycles. The minimum absolute atomic E-state index is 0.00581. The maximum absolute atomic E-state index is 12.7. The summed E-state index contributed by atoms with van der Waals surface area (Å²) in [6, 6.07) is 16.7. The van der Waals surface area contributed by atoms with Crippen LogP contribution in [0.3, 0.4) is 0 Å². The fraction of sp³-hybridized carbons (Fsp3) is 0.154. The zero-order chi connectivity index (χ0) is 24.7. The predicted octanol–water partition coefficient (Wildman–Crippen LogP) is 6.33. The molecule has 34 heavy (non-hydrogen) atoms. The third kappa shape index (κ3) is 6.48. The fourth-order valence-electron chi connectivity index (χ4n) is 3.37. The van der Waals surface area contributed by atoms with Gasteiger partial charge in [0.05, 0.1) is 17.3 Å². The van der Waals surface area contributed by atoms with Crippen LogP contribution in [-0.4, -0.2) is 28.8 Å². The van der Waals surface area contributed by atoms with E-state index in [0.717, 1.165) is 5.56 Å². The average Bonchev–Trinajstić information content (AvgIpc) is 2.80. The maximum atomic E-state index is 12.7. The van der Waals surface area contributed by atoms with E-state index >= 15 is 0 Å². The van der Waals surface area contributed by atoms with Crippen LogP contribution in [0.5, 0.6) is 17.2 Å². The summed E-state index contributed by atoms with van der Waals surface area (Å²) in [5, 5.41) is 20.6. The molecule has 0 saturated carbocycles. The lowest BCUT2D eigenvalue weighted by Gasteiger charge is -2.21. The van der Waals surface area contributed by atoms with Gasteiger partial charge in [0.15, 0.2) is 0 Å². The van der Waals surface area contributed by atoms with Crippen LogP contribution in [-0.2, 0) is 14.3 Å². The van der Waals surface area contributed by atoms with Crippen LogP contribution in [0.4, 0.5) is 0 Å². The molecule has 3 aromatic rings. The highest BCUT2D eigenvalue weighted by Gasteiger charge is 2.27. The lowest BCUT2D eigenvalue weighted by atomic mass is 9.87. The Morgan fingerprint density at radius 3 is 2.29 bits per heavy atom. The van der Waals surface area contributed by atoms with Crippen molar-refractivity contribution in [1.29, 1.82) is 0 Å². The molecule has 1 unspecified atom stereocenters. The summed E-state index contributed by atoms with van der Waals surface area (Å²) in [4.78, 5) is 24.7. The van der Waals surface area contributed by atoms with E-state index in [1.807, 2.05) is 0 Å². The molecule has 3 rings (SSSR count). The van der Waals surface area contributed by atoms with Gasteiger partial charge in [0.2, 0.25) is 0 Å². The van der Waals surface area contributed by atoms with Crippen molar-refractivity contribution in [3.05, 3.63) is 92.9 Å². The van der Waals surface area contributed by atoms with E-state index in [1.165, 1.54) is 12.1 Å². The Balaban J connectivity index is 1.67. The number of phenolic OH excluding ortho intramolecular Hbond substituents is 2. The van der Waals surface area contributed by atoms with Crippen LogP contribution >= 0.6 is 31.9 Å². The molecule has 8 heteroatoms. The van der Waals surface area contributed by atoms with Crippen molar-refractivity contribution in [2.24, 2.45) is 0 Å². The van der Waals surface area contributed by atoms with Crippen LogP contribution in [0.2, 0.25) is 0 Å². The van der Waals surface area contributed by atoms with E-state index in [-0.39, 0.29) is 30.9 Å². The number of aromatic hydroxyl groups is 2. The quantitative estimate of drug-likeness (QED) is 0.224. The lowest BCUT2D eigenvalue weighted by molar-refractivity contribution is -0.146. The molecule has 6 nitrogen and oxygen atoms in total. The van der Waals surface area contributed by atoms with Gasteiger partial charge >= 0.3 is 11.9 Å². The molecule has 0 aliphatic rings. The molecule has 176 valence electrons. The second-order valence-electron chi connectivity index (χ2n) is 7.33. The molecule has 0 amide bonds. The van der Waals surface area contributed by atoms with Crippen molar-refractivity contribution in [3.8, 4) is 17.2 Å². The minimum Gasteiger partial charge on any atom is -0.508 e. The number of carbonyl (C=O) groups excluding carboxylic acids is 2. The highest BCUT2D eigenvalue weighted by Crippen LogP contribution is 2.43. The molecule has 0 saturated heterocycles. The van der Waals surface area contributed by atoms with E-state index < -0.39 is 17.9 Å². The Labute approximate surface area is 214 Å². The molecule has 2 N–H and O–H groups in total. The summed E-state index contributed by atoms with van der Waals surface area (Å²) in [6.45, 7) is 3.51. The van der Waals surface area contributed by atoms with Crippen LogP contribution in [0, 0.1) is 0 Å². The maximum Gasteiger partial charge on any atom is 0.314 e. The van der Waals surface area contributed by atoms with E-state index in [0.29, 0.717) is 25.8 Å². The van der Waals surface area contributed by atoms with Gasteiger partial charge < -0.3 is 19.7 Å². The summed E-state index contributed by atoms with van der Waals surface area (Å²) in [5.41, 5.74) is 1.98. The normalized spacial score (nSPS) is 11.5. The molecule has 0 bridgehead atoms. The van der Waals surface area contributed by atoms with Crippen molar-refractivity contribution in [2.45, 2.75) is 18.8 Å². The monoisotopic (exact) mass is 588 g/mol. The van der Waals surface area contributed by atoms with Crippen LogP contribution in [0.1, 0.15) is 35.4 Å². The zero-order valence-electron chi connectivity index (χ0n) is 18.0. The first-order valence-corrected chi connectivity index (χ1v) is 11.9. The Morgan fingerprint density at radius 1 is 0.941 bits per heavy atom. The first-order chi connectivity index (χ1) is 16.3. The second kappa shape index (κ2) is 11.9. The van der Waals surface area contributed by atoms with Gasteiger partial charge in [-0.3, -0.25) is 9.59 Å². The van der Waals surface area contributed by atoms with Crippen molar-refractivity contribution in [2.75, 3.05) is 6.61 Å². The van der Waals surface area contributed by atoms with Gasteiger partial charge in [0.25, 0.3) is 0 Å². The molecule has 0 heterocycles. The van der Waals surface area contributed by atoms with Crippen molar-refractivity contribution < 1.29 is 29.3 Å². The van der Waals surface area contributed by atoms with Gasteiger partial charge in [0.1, 0.15) is 23.9 Å². The number of hydrogen-bond acceptors (Lipinski definition) is 6.